The lowest BCUT2D eigenvalue weighted by atomic mass is 10.2. The van der Waals surface area contributed by atoms with Crippen LogP contribution < -0.4 is 5.32 Å². The van der Waals surface area contributed by atoms with Crippen molar-refractivity contribution in [3.8, 4) is 0 Å². The van der Waals surface area contributed by atoms with Crippen molar-refractivity contribution in [3.63, 3.8) is 0 Å². The normalized spacial score (nSPS) is 10.7. The van der Waals surface area contributed by atoms with Crippen LogP contribution in [0.4, 0.5) is 5.69 Å². The molecule has 2 rings (SSSR count). The summed E-state index contributed by atoms with van der Waals surface area (Å²) in [5.41, 5.74) is 2.95. The lowest BCUT2D eigenvalue weighted by Gasteiger charge is -2.24. The third-order valence-electron chi connectivity index (χ3n) is 3.82. The molecule has 0 radical (unpaired) electrons. The molecule has 1 aromatic heterocycles. The van der Waals surface area contributed by atoms with Crippen molar-refractivity contribution in [3.05, 3.63) is 53.6 Å². The Morgan fingerprint density at radius 3 is 2.35 bits per heavy atom. The number of carbonyl (C=O) groups excluding carboxylic acids is 2. The summed E-state index contributed by atoms with van der Waals surface area (Å²) in [7, 11) is 0. The molecule has 0 spiro atoms. The number of aryl methyl sites for hydroxylation is 2. The molecule has 0 aliphatic carbocycles. The van der Waals surface area contributed by atoms with Crippen LogP contribution in [0.5, 0.6) is 0 Å². The summed E-state index contributed by atoms with van der Waals surface area (Å²) >= 11 is 0. The van der Waals surface area contributed by atoms with Crippen molar-refractivity contribution < 1.29 is 9.59 Å². The van der Waals surface area contributed by atoms with Gasteiger partial charge in [0.1, 0.15) is 5.69 Å². The molecule has 0 unspecified atom stereocenters. The van der Waals surface area contributed by atoms with Crippen molar-refractivity contribution in [2.75, 3.05) is 18.4 Å². The molecule has 6 nitrogen and oxygen atoms in total. The number of carbonyl (C=O) groups is 2. The molecular weight excluding hydrogens is 328 g/mol. The maximum atomic E-state index is 12.7. The zero-order chi connectivity index (χ0) is 19.1. The molecule has 138 valence electrons. The number of rotatable bonds is 7. The number of hydrogen-bond acceptors (Lipinski definition) is 4. The molecule has 0 bridgehead atoms. The van der Waals surface area contributed by atoms with E-state index in [0.29, 0.717) is 18.8 Å². The highest BCUT2D eigenvalue weighted by atomic mass is 16.2. The average molecular weight is 354 g/mol. The molecule has 0 fully saturated rings. The molecule has 2 aromatic rings. The van der Waals surface area contributed by atoms with E-state index < -0.39 is 0 Å². The predicted molar refractivity (Wildman–Crippen MR) is 102 cm³/mol. The first-order valence-electron chi connectivity index (χ1n) is 8.79. The summed E-state index contributed by atoms with van der Waals surface area (Å²) in [4.78, 5) is 34.9. The van der Waals surface area contributed by atoms with E-state index >= 15 is 0 Å². The molecule has 2 amide bonds. The number of benzene rings is 1. The monoisotopic (exact) mass is 354 g/mol. The van der Waals surface area contributed by atoms with Gasteiger partial charge in [-0.2, -0.15) is 0 Å². The fourth-order valence-electron chi connectivity index (χ4n) is 2.48. The number of anilines is 1. The first kappa shape index (κ1) is 19.6. The third-order valence-corrected chi connectivity index (χ3v) is 3.82. The van der Waals surface area contributed by atoms with Crippen LogP contribution in [0.3, 0.4) is 0 Å². The molecule has 1 N–H and O–H groups in total. The standard InChI is InChI=1S/C20H26N4O2/c1-14(2)13-24(20(26)18-12-21-16(4)11-22-18)10-9-19(25)23-17-7-5-15(3)6-8-17/h5-8,11-12,14H,9-10,13H2,1-4H3,(H,23,25). The predicted octanol–water partition coefficient (Wildman–Crippen LogP) is 3.22. The van der Waals surface area contributed by atoms with Gasteiger partial charge in [0.15, 0.2) is 0 Å². The van der Waals surface area contributed by atoms with E-state index in [9.17, 15) is 9.59 Å². The summed E-state index contributed by atoms with van der Waals surface area (Å²) in [6, 6.07) is 7.62. The molecule has 0 aliphatic rings. The minimum atomic E-state index is -0.200. The van der Waals surface area contributed by atoms with Crippen LogP contribution in [-0.4, -0.2) is 39.8 Å². The lowest BCUT2D eigenvalue weighted by molar-refractivity contribution is -0.116. The largest absolute Gasteiger partial charge is 0.336 e. The highest BCUT2D eigenvalue weighted by Crippen LogP contribution is 2.10. The van der Waals surface area contributed by atoms with Gasteiger partial charge in [-0.25, -0.2) is 4.98 Å². The van der Waals surface area contributed by atoms with Gasteiger partial charge >= 0.3 is 0 Å². The summed E-state index contributed by atoms with van der Waals surface area (Å²) in [6.45, 7) is 8.79. The van der Waals surface area contributed by atoms with Crippen LogP contribution in [0.15, 0.2) is 36.7 Å². The maximum absolute atomic E-state index is 12.7. The Balaban J connectivity index is 1.98. The first-order valence-corrected chi connectivity index (χ1v) is 8.79. The number of nitrogens with one attached hydrogen (secondary N) is 1. The van der Waals surface area contributed by atoms with Gasteiger partial charge in [0.25, 0.3) is 5.91 Å². The Morgan fingerprint density at radius 1 is 1.08 bits per heavy atom. The molecule has 0 saturated heterocycles. The summed E-state index contributed by atoms with van der Waals surface area (Å²) in [5.74, 6) is -0.0303. The van der Waals surface area contributed by atoms with Gasteiger partial charge in [-0.05, 0) is 31.9 Å². The Bertz CT molecular complexity index is 739. The fourth-order valence-corrected chi connectivity index (χ4v) is 2.48. The van der Waals surface area contributed by atoms with E-state index in [0.717, 1.165) is 16.9 Å². The van der Waals surface area contributed by atoms with Crippen molar-refractivity contribution in [1.29, 1.82) is 0 Å². The van der Waals surface area contributed by atoms with E-state index in [1.165, 1.54) is 6.20 Å². The number of aromatic nitrogens is 2. The average Bonchev–Trinajstić information content (AvgIpc) is 2.60. The van der Waals surface area contributed by atoms with Crippen molar-refractivity contribution in [2.24, 2.45) is 5.92 Å². The van der Waals surface area contributed by atoms with Crippen LogP contribution in [0.1, 0.15) is 42.0 Å². The Morgan fingerprint density at radius 2 is 1.77 bits per heavy atom. The van der Waals surface area contributed by atoms with Gasteiger partial charge in [0.05, 0.1) is 11.9 Å². The van der Waals surface area contributed by atoms with Gasteiger partial charge in [0, 0.05) is 31.4 Å². The topological polar surface area (TPSA) is 75.2 Å². The van der Waals surface area contributed by atoms with Crippen LogP contribution in [0.2, 0.25) is 0 Å². The van der Waals surface area contributed by atoms with E-state index in [1.54, 1.807) is 11.1 Å². The molecule has 1 heterocycles. The van der Waals surface area contributed by atoms with Gasteiger partial charge < -0.3 is 10.2 Å². The highest BCUT2D eigenvalue weighted by molar-refractivity contribution is 5.93. The second-order valence-electron chi connectivity index (χ2n) is 6.85. The Labute approximate surface area is 154 Å². The summed E-state index contributed by atoms with van der Waals surface area (Å²) < 4.78 is 0. The Kier molecular flexibility index (Phi) is 6.83. The SMILES string of the molecule is Cc1ccc(NC(=O)CCN(CC(C)C)C(=O)c2cnc(C)cn2)cc1. The molecule has 0 atom stereocenters. The fraction of sp³-hybridized carbons (Fsp3) is 0.400. The smallest absolute Gasteiger partial charge is 0.274 e. The van der Waals surface area contributed by atoms with Gasteiger partial charge in [-0.1, -0.05) is 31.5 Å². The van der Waals surface area contributed by atoms with Crippen LogP contribution in [0.25, 0.3) is 0 Å². The lowest BCUT2D eigenvalue weighted by Crippen LogP contribution is -2.37. The molecule has 0 aliphatic heterocycles. The van der Waals surface area contributed by atoms with E-state index in [2.05, 4.69) is 15.3 Å². The maximum Gasteiger partial charge on any atom is 0.274 e. The van der Waals surface area contributed by atoms with Gasteiger partial charge in [-0.3, -0.25) is 14.6 Å². The number of nitrogens with zero attached hydrogens (tertiary/aromatic N) is 3. The minimum Gasteiger partial charge on any atom is -0.336 e. The Hall–Kier alpha value is -2.76. The zero-order valence-corrected chi connectivity index (χ0v) is 15.8. The summed E-state index contributed by atoms with van der Waals surface area (Å²) in [5, 5.41) is 2.86. The summed E-state index contributed by atoms with van der Waals surface area (Å²) in [6.07, 6.45) is 3.29. The molecule has 1 aromatic carbocycles. The van der Waals surface area contributed by atoms with E-state index in [4.69, 9.17) is 0 Å². The second-order valence-corrected chi connectivity index (χ2v) is 6.85. The van der Waals surface area contributed by atoms with Gasteiger partial charge in [0.2, 0.25) is 5.91 Å². The minimum absolute atomic E-state index is 0.120. The van der Waals surface area contributed by atoms with E-state index in [-0.39, 0.29) is 24.2 Å². The highest BCUT2D eigenvalue weighted by Gasteiger charge is 2.19. The second kappa shape index (κ2) is 9.08. The number of amides is 2. The quantitative estimate of drug-likeness (QED) is 0.828. The van der Waals surface area contributed by atoms with Crippen molar-refractivity contribution in [2.45, 2.75) is 34.1 Å². The van der Waals surface area contributed by atoms with Crippen LogP contribution >= 0.6 is 0 Å². The number of hydrogen-bond donors (Lipinski definition) is 1. The third kappa shape index (κ3) is 5.95. The zero-order valence-electron chi connectivity index (χ0n) is 15.8. The van der Waals surface area contributed by atoms with Crippen LogP contribution in [0, 0.1) is 19.8 Å². The molecule has 26 heavy (non-hydrogen) atoms. The first-order chi connectivity index (χ1) is 12.3. The molecule has 0 saturated carbocycles. The molecule has 6 heteroatoms. The van der Waals surface area contributed by atoms with Crippen molar-refractivity contribution in [1.82, 2.24) is 14.9 Å². The molecular formula is C20H26N4O2. The van der Waals surface area contributed by atoms with Crippen molar-refractivity contribution >= 4 is 17.5 Å². The van der Waals surface area contributed by atoms with E-state index in [1.807, 2.05) is 52.0 Å². The van der Waals surface area contributed by atoms with Gasteiger partial charge in [-0.15, -0.1) is 0 Å². The van der Waals surface area contributed by atoms with Crippen LogP contribution in [-0.2, 0) is 4.79 Å².